The summed E-state index contributed by atoms with van der Waals surface area (Å²) in [5.41, 5.74) is 1.65. The Morgan fingerprint density at radius 3 is 2.68 bits per heavy atom. The molecule has 1 aromatic heterocycles. The smallest absolute Gasteiger partial charge is 0.247 e. The van der Waals surface area contributed by atoms with Crippen molar-refractivity contribution < 1.29 is 17.9 Å². The number of benzene rings is 1. The van der Waals surface area contributed by atoms with E-state index >= 15 is 0 Å². The van der Waals surface area contributed by atoms with Crippen LogP contribution in [0.4, 0.5) is 5.82 Å². The van der Waals surface area contributed by atoms with E-state index in [0.717, 1.165) is 17.7 Å². The molecular formula is C21H27N5O4S. The van der Waals surface area contributed by atoms with E-state index in [1.807, 2.05) is 4.90 Å². The molecule has 166 valence electrons. The average Bonchev–Trinajstić information content (AvgIpc) is 3.28. The Balaban J connectivity index is 1.63. The number of methoxy groups -OCH3 is 1. The van der Waals surface area contributed by atoms with Gasteiger partial charge in [0.25, 0.3) is 0 Å². The van der Waals surface area contributed by atoms with Crippen molar-refractivity contribution in [3.63, 3.8) is 0 Å². The Bertz CT molecular complexity index is 1090. The second-order valence-electron chi connectivity index (χ2n) is 7.80. The number of fused-ring (bicyclic) bond motifs is 1. The molecule has 0 aliphatic carbocycles. The van der Waals surface area contributed by atoms with Crippen LogP contribution in [0.1, 0.15) is 36.3 Å². The standard InChI is InChI=1S/C21H27N5O4S/c1-14(27)25-10-8-15(12-25)20-23-17-9-11-26(13-16(17)21(22-2)24-20)31(28,29)19-7-5-4-6-18(19)30-3/h4-7,15H,8-13H2,1-3H3,(H,22,23,24)/t15-/m1/s1. The number of carbonyl (C=O) groups excluding carboxylic acids is 1. The van der Waals surface area contributed by atoms with Gasteiger partial charge in [-0.1, -0.05) is 12.1 Å². The van der Waals surface area contributed by atoms with Crippen LogP contribution in [-0.2, 0) is 27.8 Å². The lowest BCUT2D eigenvalue weighted by Gasteiger charge is -2.29. The van der Waals surface area contributed by atoms with Gasteiger partial charge in [-0.3, -0.25) is 4.79 Å². The van der Waals surface area contributed by atoms with E-state index in [-0.39, 0.29) is 23.3 Å². The van der Waals surface area contributed by atoms with Crippen LogP contribution >= 0.6 is 0 Å². The van der Waals surface area contributed by atoms with E-state index in [0.29, 0.717) is 43.4 Å². The number of para-hydroxylation sites is 1. The van der Waals surface area contributed by atoms with Gasteiger partial charge in [0.15, 0.2) is 0 Å². The molecule has 1 aromatic carbocycles. The molecule has 0 spiro atoms. The van der Waals surface area contributed by atoms with Crippen molar-refractivity contribution in [2.45, 2.75) is 37.1 Å². The molecule has 4 rings (SSSR count). The van der Waals surface area contributed by atoms with Crippen LogP contribution < -0.4 is 10.1 Å². The van der Waals surface area contributed by atoms with Gasteiger partial charge in [0.1, 0.15) is 22.3 Å². The molecule has 1 atom stereocenters. The first-order valence-electron chi connectivity index (χ1n) is 10.3. The highest BCUT2D eigenvalue weighted by molar-refractivity contribution is 7.89. The zero-order chi connectivity index (χ0) is 22.2. The number of hydrogen-bond donors (Lipinski definition) is 1. The number of carbonyl (C=O) groups is 1. The zero-order valence-corrected chi connectivity index (χ0v) is 18.8. The summed E-state index contributed by atoms with van der Waals surface area (Å²) in [4.78, 5) is 23.1. The molecule has 9 nitrogen and oxygen atoms in total. The van der Waals surface area contributed by atoms with E-state index in [2.05, 4.69) is 5.32 Å². The largest absolute Gasteiger partial charge is 0.495 e. The lowest BCUT2D eigenvalue weighted by Crippen LogP contribution is -2.37. The number of nitrogens with zero attached hydrogens (tertiary/aromatic N) is 4. The van der Waals surface area contributed by atoms with Gasteiger partial charge in [-0.25, -0.2) is 18.4 Å². The number of ether oxygens (including phenoxy) is 1. The molecule has 3 heterocycles. The summed E-state index contributed by atoms with van der Waals surface area (Å²) in [6.45, 7) is 3.42. The van der Waals surface area contributed by atoms with Crippen LogP contribution in [0.15, 0.2) is 29.2 Å². The fourth-order valence-electron chi connectivity index (χ4n) is 4.23. The molecule has 2 aliphatic rings. The summed E-state index contributed by atoms with van der Waals surface area (Å²) in [6.07, 6.45) is 1.33. The molecule has 10 heteroatoms. The highest BCUT2D eigenvalue weighted by Gasteiger charge is 2.34. The SMILES string of the molecule is CNc1nc([C@@H]2CCN(C(C)=O)C2)nc2c1CN(S(=O)(=O)c1ccccc1OC)CC2. The Hall–Kier alpha value is -2.72. The van der Waals surface area contributed by atoms with Gasteiger partial charge in [0, 0.05) is 58.1 Å². The summed E-state index contributed by atoms with van der Waals surface area (Å²) in [5.74, 6) is 1.84. The van der Waals surface area contributed by atoms with Crippen molar-refractivity contribution in [1.29, 1.82) is 0 Å². The number of hydrogen-bond acceptors (Lipinski definition) is 7. The average molecular weight is 446 g/mol. The van der Waals surface area contributed by atoms with Gasteiger partial charge in [0.2, 0.25) is 15.9 Å². The number of anilines is 1. The lowest BCUT2D eigenvalue weighted by atomic mass is 10.0. The van der Waals surface area contributed by atoms with E-state index in [1.54, 1.807) is 38.2 Å². The minimum Gasteiger partial charge on any atom is -0.495 e. The highest BCUT2D eigenvalue weighted by Crippen LogP contribution is 2.33. The molecule has 0 bridgehead atoms. The maximum absolute atomic E-state index is 13.3. The van der Waals surface area contributed by atoms with Gasteiger partial charge in [-0.05, 0) is 18.6 Å². The van der Waals surface area contributed by atoms with Crippen molar-refractivity contribution in [1.82, 2.24) is 19.2 Å². The van der Waals surface area contributed by atoms with Crippen molar-refractivity contribution >= 4 is 21.7 Å². The Morgan fingerprint density at radius 2 is 2.00 bits per heavy atom. The third kappa shape index (κ3) is 3.97. The molecule has 1 fully saturated rings. The van der Waals surface area contributed by atoms with Gasteiger partial charge in [-0.15, -0.1) is 0 Å². The van der Waals surface area contributed by atoms with Crippen molar-refractivity contribution in [3.05, 3.63) is 41.3 Å². The van der Waals surface area contributed by atoms with Crippen LogP contribution in [0.3, 0.4) is 0 Å². The maximum atomic E-state index is 13.3. The fraction of sp³-hybridized carbons (Fsp3) is 0.476. The lowest BCUT2D eigenvalue weighted by molar-refractivity contribution is -0.127. The minimum atomic E-state index is -3.73. The molecule has 0 unspecified atom stereocenters. The third-order valence-corrected chi connectivity index (χ3v) is 7.85. The Kier molecular flexibility index (Phi) is 5.85. The number of aromatic nitrogens is 2. The van der Waals surface area contributed by atoms with E-state index in [4.69, 9.17) is 14.7 Å². The molecule has 1 N–H and O–H groups in total. The quantitative estimate of drug-likeness (QED) is 0.745. The first-order chi connectivity index (χ1) is 14.8. The first kappa shape index (κ1) is 21.5. The predicted octanol–water partition coefficient (Wildman–Crippen LogP) is 1.61. The molecule has 2 aliphatic heterocycles. The monoisotopic (exact) mass is 445 g/mol. The first-order valence-corrected chi connectivity index (χ1v) is 11.7. The third-order valence-electron chi connectivity index (χ3n) is 5.96. The van der Waals surface area contributed by atoms with Crippen molar-refractivity contribution in [2.75, 3.05) is 39.1 Å². The maximum Gasteiger partial charge on any atom is 0.247 e. The number of likely N-dealkylation sites (tertiary alicyclic amines) is 1. The van der Waals surface area contributed by atoms with Crippen LogP contribution in [0.5, 0.6) is 5.75 Å². The van der Waals surface area contributed by atoms with Gasteiger partial charge in [-0.2, -0.15) is 4.31 Å². The minimum absolute atomic E-state index is 0.0616. The second-order valence-corrected chi connectivity index (χ2v) is 9.70. The predicted molar refractivity (Wildman–Crippen MR) is 115 cm³/mol. The zero-order valence-electron chi connectivity index (χ0n) is 18.0. The number of amides is 1. The summed E-state index contributed by atoms with van der Waals surface area (Å²) in [7, 11) is -0.497. The molecular weight excluding hydrogens is 418 g/mol. The van der Waals surface area contributed by atoms with Crippen LogP contribution in [-0.4, -0.2) is 67.3 Å². The van der Waals surface area contributed by atoms with Gasteiger partial charge < -0.3 is 15.0 Å². The molecule has 31 heavy (non-hydrogen) atoms. The van der Waals surface area contributed by atoms with Gasteiger partial charge in [0.05, 0.1) is 12.8 Å². The van der Waals surface area contributed by atoms with Crippen molar-refractivity contribution in [2.24, 2.45) is 0 Å². The summed E-state index contributed by atoms with van der Waals surface area (Å²) >= 11 is 0. The van der Waals surface area contributed by atoms with Crippen LogP contribution in [0, 0.1) is 0 Å². The molecule has 1 amide bonds. The van der Waals surface area contributed by atoms with Crippen LogP contribution in [0.2, 0.25) is 0 Å². The topological polar surface area (TPSA) is 105 Å². The highest BCUT2D eigenvalue weighted by atomic mass is 32.2. The van der Waals surface area contributed by atoms with Crippen molar-refractivity contribution in [3.8, 4) is 5.75 Å². The Labute approximate surface area is 182 Å². The second kappa shape index (κ2) is 8.43. The molecule has 0 saturated carbocycles. The van der Waals surface area contributed by atoms with E-state index in [9.17, 15) is 13.2 Å². The summed E-state index contributed by atoms with van der Waals surface area (Å²) in [5, 5.41) is 3.11. The fourth-order valence-corrected chi connectivity index (χ4v) is 5.80. The normalized spacial score (nSPS) is 19.2. The van der Waals surface area contributed by atoms with E-state index < -0.39 is 10.0 Å². The molecule has 0 radical (unpaired) electrons. The number of nitrogens with one attached hydrogen (secondary N) is 1. The van der Waals surface area contributed by atoms with E-state index in [1.165, 1.54) is 11.4 Å². The molecule has 2 aromatic rings. The summed E-state index contributed by atoms with van der Waals surface area (Å²) < 4.78 is 33.3. The Morgan fingerprint density at radius 1 is 1.23 bits per heavy atom. The molecule has 1 saturated heterocycles. The van der Waals surface area contributed by atoms with Crippen LogP contribution in [0.25, 0.3) is 0 Å². The summed E-state index contributed by atoms with van der Waals surface area (Å²) in [6, 6.07) is 6.63. The van der Waals surface area contributed by atoms with Gasteiger partial charge >= 0.3 is 0 Å². The number of sulfonamides is 1. The number of rotatable bonds is 5.